The summed E-state index contributed by atoms with van der Waals surface area (Å²) in [6.45, 7) is 12.5. The van der Waals surface area contributed by atoms with Crippen molar-refractivity contribution in [2.24, 2.45) is 4.99 Å². The zero-order valence-corrected chi connectivity index (χ0v) is 20.5. The molecule has 9 heteroatoms. The summed E-state index contributed by atoms with van der Waals surface area (Å²) < 4.78 is 2.08. The highest BCUT2D eigenvalue weighted by molar-refractivity contribution is 14.0. The lowest BCUT2D eigenvalue weighted by Gasteiger charge is -2.38. The normalized spacial score (nSPS) is 14.7. The Morgan fingerprint density at radius 3 is 2.66 bits per heavy atom. The van der Waals surface area contributed by atoms with Crippen LogP contribution in [0.2, 0.25) is 5.02 Å². The molecule has 7 nitrogen and oxygen atoms in total. The summed E-state index contributed by atoms with van der Waals surface area (Å²) in [6.07, 6.45) is 2.67. The van der Waals surface area contributed by atoms with Crippen molar-refractivity contribution < 1.29 is 0 Å². The number of anilines is 1. The van der Waals surface area contributed by atoms with Crippen LogP contribution in [0.1, 0.15) is 25.2 Å². The number of aliphatic imine (C=N–C) groups is 1. The van der Waals surface area contributed by atoms with Crippen LogP contribution in [0.25, 0.3) is 0 Å². The Morgan fingerprint density at radius 2 is 1.97 bits per heavy atom. The van der Waals surface area contributed by atoms with E-state index in [9.17, 15) is 0 Å². The van der Waals surface area contributed by atoms with Crippen molar-refractivity contribution in [3.8, 4) is 0 Å². The van der Waals surface area contributed by atoms with E-state index >= 15 is 0 Å². The molecule has 2 heterocycles. The number of hydrogen-bond acceptors (Lipinski definition) is 4. The minimum atomic E-state index is 0. The Bertz CT molecular complexity index is 800. The second kappa shape index (κ2) is 11.6. The smallest absolute Gasteiger partial charge is 0.194 e. The van der Waals surface area contributed by atoms with Gasteiger partial charge >= 0.3 is 0 Å². The molecule has 160 valence electrons. The van der Waals surface area contributed by atoms with Crippen LogP contribution in [0.5, 0.6) is 0 Å². The monoisotopic (exact) mass is 531 g/mol. The second-order valence-corrected chi connectivity index (χ2v) is 7.37. The molecule has 0 aliphatic carbocycles. The van der Waals surface area contributed by atoms with E-state index in [2.05, 4.69) is 62.8 Å². The average Bonchev–Trinajstić information content (AvgIpc) is 3.17. The standard InChI is InChI=1S/C20H30ClN7.HI/c1-4-19-25-24-15-28(19)9-8-23-20(22-5-2)27-12-10-26(11-13-27)18-14-17(21)7-6-16(18)3;/h6-7,14-15H,4-5,8-13H2,1-3H3,(H,22,23);1H. The molecular formula is C20H31ClIN7. The highest BCUT2D eigenvalue weighted by Gasteiger charge is 2.21. The van der Waals surface area contributed by atoms with Crippen molar-refractivity contribution in [2.75, 3.05) is 44.2 Å². The van der Waals surface area contributed by atoms with Crippen molar-refractivity contribution in [1.82, 2.24) is 25.0 Å². The van der Waals surface area contributed by atoms with Crippen LogP contribution >= 0.6 is 35.6 Å². The number of nitrogens with one attached hydrogen (secondary N) is 1. The summed E-state index contributed by atoms with van der Waals surface area (Å²) >= 11 is 6.20. The van der Waals surface area contributed by atoms with Crippen molar-refractivity contribution in [3.05, 3.63) is 40.9 Å². The number of aryl methyl sites for hydroxylation is 2. The Morgan fingerprint density at radius 1 is 1.21 bits per heavy atom. The van der Waals surface area contributed by atoms with Crippen LogP contribution in [0.3, 0.4) is 0 Å². The maximum absolute atomic E-state index is 6.20. The molecule has 29 heavy (non-hydrogen) atoms. The minimum Gasteiger partial charge on any atom is -0.368 e. The summed E-state index contributed by atoms with van der Waals surface area (Å²) in [5.41, 5.74) is 2.49. The van der Waals surface area contributed by atoms with E-state index in [-0.39, 0.29) is 24.0 Å². The van der Waals surface area contributed by atoms with Crippen LogP contribution in [0, 0.1) is 6.92 Å². The van der Waals surface area contributed by atoms with Gasteiger partial charge in [0.25, 0.3) is 0 Å². The molecule has 0 spiro atoms. The molecule has 2 aromatic rings. The summed E-state index contributed by atoms with van der Waals surface area (Å²) in [6, 6.07) is 6.10. The molecule has 0 unspecified atom stereocenters. The first-order valence-corrected chi connectivity index (χ1v) is 10.4. The zero-order valence-electron chi connectivity index (χ0n) is 17.4. The van der Waals surface area contributed by atoms with Gasteiger partial charge in [-0.3, -0.25) is 4.99 Å². The molecule has 1 aliphatic rings. The molecule has 0 amide bonds. The van der Waals surface area contributed by atoms with E-state index in [0.29, 0.717) is 6.54 Å². The molecule has 0 atom stereocenters. The van der Waals surface area contributed by atoms with Crippen molar-refractivity contribution in [2.45, 2.75) is 33.7 Å². The van der Waals surface area contributed by atoms with Crippen molar-refractivity contribution in [1.29, 1.82) is 0 Å². The van der Waals surface area contributed by atoms with Gasteiger partial charge in [0.05, 0.1) is 6.54 Å². The number of benzene rings is 1. The predicted molar refractivity (Wildman–Crippen MR) is 131 cm³/mol. The molecular weight excluding hydrogens is 501 g/mol. The first-order chi connectivity index (χ1) is 13.6. The summed E-state index contributed by atoms with van der Waals surface area (Å²) in [5.74, 6) is 1.99. The van der Waals surface area contributed by atoms with E-state index in [1.165, 1.54) is 11.3 Å². The SMILES string of the molecule is CCNC(=NCCn1cnnc1CC)N1CCN(c2cc(Cl)ccc2C)CC1.I. The highest BCUT2D eigenvalue weighted by Crippen LogP contribution is 2.25. The van der Waals surface area contributed by atoms with Crippen LogP contribution < -0.4 is 10.2 Å². The third-order valence-corrected chi connectivity index (χ3v) is 5.28. The van der Waals surface area contributed by atoms with E-state index in [1.54, 1.807) is 6.33 Å². The number of hydrogen-bond donors (Lipinski definition) is 1. The molecule has 1 aromatic carbocycles. The lowest BCUT2D eigenvalue weighted by Crippen LogP contribution is -2.52. The van der Waals surface area contributed by atoms with Crippen LogP contribution in [0.4, 0.5) is 5.69 Å². The van der Waals surface area contributed by atoms with Crippen LogP contribution in [-0.4, -0.2) is 64.9 Å². The van der Waals surface area contributed by atoms with Gasteiger partial charge in [-0.05, 0) is 31.5 Å². The molecule has 1 aliphatic heterocycles. The quantitative estimate of drug-likeness (QED) is 0.352. The number of piperazine rings is 1. The highest BCUT2D eigenvalue weighted by atomic mass is 127. The first kappa shape index (κ1) is 23.7. The summed E-state index contributed by atoms with van der Waals surface area (Å²) in [5, 5.41) is 12.3. The first-order valence-electron chi connectivity index (χ1n) is 10.0. The molecule has 1 saturated heterocycles. The average molecular weight is 532 g/mol. The fourth-order valence-electron chi connectivity index (χ4n) is 3.51. The fraction of sp³-hybridized carbons (Fsp3) is 0.550. The molecule has 1 aromatic heterocycles. The van der Waals surface area contributed by atoms with Gasteiger partial charge in [0.1, 0.15) is 12.2 Å². The Kier molecular flexibility index (Phi) is 9.48. The number of rotatable bonds is 6. The summed E-state index contributed by atoms with van der Waals surface area (Å²) in [7, 11) is 0. The lowest BCUT2D eigenvalue weighted by molar-refractivity contribution is 0.372. The van der Waals surface area contributed by atoms with Gasteiger partial charge in [0.2, 0.25) is 0 Å². The van der Waals surface area contributed by atoms with Gasteiger partial charge in [-0.15, -0.1) is 34.2 Å². The number of guanidine groups is 1. The molecule has 1 fully saturated rings. The predicted octanol–water partition coefficient (Wildman–Crippen LogP) is 3.21. The van der Waals surface area contributed by atoms with Crippen molar-refractivity contribution in [3.63, 3.8) is 0 Å². The van der Waals surface area contributed by atoms with Gasteiger partial charge in [-0.2, -0.15) is 0 Å². The van der Waals surface area contributed by atoms with Gasteiger partial charge in [0, 0.05) is 56.4 Å². The number of halogens is 2. The van der Waals surface area contributed by atoms with E-state index in [1.807, 2.05) is 6.07 Å². The van der Waals surface area contributed by atoms with E-state index in [4.69, 9.17) is 16.6 Å². The zero-order chi connectivity index (χ0) is 19.9. The molecule has 0 saturated carbocycles. The van der Waals surface area contributed by atoms with Gasteiger partial charge in [-0.25, -0.2) is 0 Å². The van der Waals surface area contributed by atoms with Gasteiger partial charge < -0.3 is 19.7 Å². The molecule has 0 bridgehead atoms. The number of aromatic nitrogens is 3. The topological polar surface area (TPSA) is 61.6 Å². The summed E-state index contributed by atoms with van der Waals surface area (Å²) in [4.78, 5) is 9.58. The Labute approximate surface area is 195 Å². The molecule has 0 radical (unpaired) electrons. The molecule has 1 N–H and O–H groups in total. The van der Waals surface area contributed by atoms with Crippen LogP contribution in [-0.2, 0) is 13.0 Å². The minimum absolute atomic E-state index is 0. The third kappa shape index (κ3) is 6.21. The lowest BCUT2D eigenvalue weighted by atomic mass is 10.1. The van der Waals surface area contributed by atoms with Crippen LogP contribution in [0.15, 0.2) is 29.5 Å². The Balaban J connectivity index is 0.00000300. The van der Waals surface area contributed by atoms with Crippen molar-refractivity contribution >= 4 is 47.2 Å². The maximum Gasteiger partial charge on any atom is 0.194 e. The van der Waals surface area contributed by atoms with Gasteiger partial charge in [0.15, 0.2) is 5.96 Å². The maximum atomic E-state index is 6.20. The van der Waals surface area contributed by atoms with E-state index < -0.39 is 0 Å². The fourth-order valence-corrected chi connectivity index (χ4v) is 3.68. The molecule has 3 rings (SSSR count). The number of nitrogens with zero attached hydrogens (tertiary/aromatic N) is 6. The van der Waals surface area contributed by atoms with E-state index in [0.717, 1.165) is 62.5 Å². The second-order valence-electron chi connectivity index (χ2n) is 6.93. The largest absolute Gasteiger partial charge is 0.368 e. The Hall–Kier alpha value is -1.55. The third-order valence-electron chi connectivity index (χ3n) is 5.04. The van der Waals surface area contributed by atoms with Gasteiger partial charge in [-0.1, -0.05) is 24.6 Å².